The summed E-state index contributed by atoms with van der Waals surface area (Å²) in [7, 11) is 0. The molecule has 1 fully saturated rings. The van der Waals surface area contributed by atoms with Gasteiger partial charge in [0, 0.05) is 13.1 Å². The fourth-order valence-corrected chi connectivity index (χ4v) is 2.14. The zero-order valence-corrected chi connectivity index (χ0v) is 11.4. The molecule has 0 radical (unpaired) electrons. The highest BCUT2D eigenvalue weighted by molar-refractivity contribution is 5.74. The monoisotopic (exact) mass is 297 g/mol. The number of rotatable bonds is 3. The second-order valence-corrected chi connectivity index (χ2v) is 5.48. The minimum atomic E-state index is -4.56. The smallest absolute Gasteiger partial charge is 0.422 e. The lowest BCUT2D eigenvalue weighted by atomic mass is 9.75. The number of piperidine rings is 1. The zero-order valence-electron chi connectivity index (χ0n) is 11.4. The number of halogens is 3. The Bertz CT molecular complexity index is 381. The second kappa shape index (κ2) is 5.88. The molecule has 0 aromatic rings. The molecule has 0 aromatic carbocycles. The topological polar surface area (TPSA) is 66.8 Å². The molecule has 1 aliphatic rings. The van der Waals surface area contributed by atoms with E-state index < -0.39 is 30.3 Å². The lowest BCUT2D eigenvalue weighted by Crippen LogP contribution is -2.47. The number of carboxylic acid groups (broad SMARTS) is 1. The van der Waals surface area contributed by atoms with Crippen LogP contribution in [0.1, 0.15) is 26.7 Å². The molecule has 1 atom stereocenters. The van der Waals surface area contributed by atoms with Crippen LogP contribution in [0.2, 0.25) is 0 Å². The Labute approximate surface area is 114 Å². The molecule has 1 unspecified atom stereocenters. The number of carbonyl (C=O) groups is 2. The predicted molar refractivity (Wildman–Crippen MR) is 63.1 cm³/mol. The maximum atomic E-state index is 12.0. The van der Waals surface area contributed by atoms with Crippen molar-refractivity contribution < 1.29 is 32.6 Å². The average Bonchev–Trinajstić information content (AvgIpc) is 2.35. The van der Waals surface area contributed by atoms with Crippen LogP contribution in [-0.4, -0.2) is 47.9 Å². The van der Waals surface area contributed by atoms with E-state index in [2.05, 4.69) is 4.74 Å². The second-order valence-electron chi connectivity index (χ2n) is 5.48. The van der Waals surface area contributed by atoms with Gasteiger partial charge in [-0.05, 0) is 32.6 Å². The van der Waals surface area contributed by atoms with Gasteiger partial charge >= 0.3 is 18.2 Å². The highest BCUT2D eigenvalue weighted by atomic mass is 19.4. The van der Waals surface area contributed by atoms with Gasteiger partial charge in [0.1, 0.15) is 0 Å². The summed E-state index contributed by atoms with van der Waals surface area (Å²) in [5.74, 6) is -1.31. The number of hydrogen-bond donors (Lipinski definition) is 1. The van der Waals surface area contributed by atoms with Gasteiger partial charge in [-0.1, -0.05) is 0 Å². The summed E-state index contributed by atoms with van der Waals surface area (Å²) >= 11 is 0. The number of likely N-dealkylation sites (tertiary alicyclic amines) is 1. The van der Waals surface area contributed by atoms with E-state index in [0.29, 0.717) is 12.8 Å². The van der Waals surface area contributed by atoms with Crippen molar-refractivity contribution in [3.63, 3.8) is 0 Å². The number of amides is 1. The van der Waals surface area contributed by atoms with Crippen molar-refractivity contribution in [1.82, 2.24) is 4.90 Å². The van der Waals surface area contributed by atoms with Crippen molar-refractivity contribution in [3.05, 3.63) is 0 Å². The molecular formula is C12H18F3NO4. The molecule has 5 nitrogen and oxygen atoms in total. The number of alkyl halides is 3. The number of carboxylic acids is 1. The summed E-state index contributed by atoms with van der Waals surface area (Å²) in [5, 5.41) is 9.14. The SMILES string of the molecule is CC(C)(C(=O)O)C1CCCN(C(=O)OCC(F)(F)F)C1. The molecule has 0 spiro atoms. The molecule has 1 heterocycles. The molecule has 8 heteroatoms. The number of aliphatic carboxylic acids is 1. The van der Waals surface area contributed by atoms with Gasteiger partial charge in [-0.3, -0.25) is 4.79 Å². The Kier molecular flexibility index (Phi) is 4.88. The van der Waals surface area contributed by atoms with E-state index in [4.69, 9.17) is 5.11 Å². The standard InChI is InChI=1S/C12H18F3NO4/c1-11(2,9(17)18)8-4-3-5-16(6-8)10(19)20-7-12(13,14)15/h8H,3-7H2,1-2H3,(H,17,18). The zero-order chi connectivity index (χ0) is 15.6. The summed E-state index contributed by atoms with van der Waals surface area (Å²) in [6.07, 6.45) is -4.45. The predicted octanol–water partition coefficient (Wildman–Crippen LogP) is 2.51. The van der Waals surface area contributed by atoms with Crippen molar-refractivity contribution in [3.8, 4) is 0 Å². The third kappa shape index (κ3) is 4.28. The van der Waals surface area contributed by atoms with E-state index >= 15 is 0 Å². The van der Waals surface area contributed by atoms with Crippen LogP contribution < -0.4 is 0 Å². The van der Waals surface area contributed by atoms with Crippen molar-refractivity contribution in [2.75, 3.05) is 19.7 Å². The van der Waals surface area contributed by atoms with Gasteiger partial charge < -0.3 is 14.7 Å². The van der Waals surface area contributed by atoms with E-state index in [0.717, 1.165) is 4.90 Å². The molecular weight excluding hydrogens is 279 g/mol. The van der Waals surface area contributed by atoms with Crippen LogP contribution in [0, 0.1) is 11.3 Å². The quantitative estimate of drug-likeness (QED) is 0.869. The summed E-state index contributed by atoms with van der Waals surface area (Å²) in [4.78, 5) is 23.9. The van der Waals surface area contributed by atoms with Crippen LogP contribution in [0.15, 0.2) is 0 Å². The lowest BCUT2D eigenvalue weighted by molar-refractivity contribution is -0.163. The van der Waals surface area contributed by atoms with Crippen LogP contribution in [0.3, 0.4) is 0 Å². The molecule has 0 aromatic heterocycles. The Morgan fingerprint density at radius 1 is 1.35 bits per heavy atom. The van der Waals surface area contributed by atoms with E-state index in [9.17, 15) is 22.8 Å². The normalized spacial score (nSPS) is 20.6. The number of ether oxygens (including phenoxy) is 1. The van der Waals surface area contributed by atoms with Gasteiger partial charge in [0.2, 0.25) is 0 Å². The van der Waals surface area contributed by atoms with Crippen LogP contribution in [0.5, 0.6) is 0 Å². The Morgan fingerprint density at radius 3 is 2.45 bits per heavy atom. The molecule has 0 aliphatic carbocycles. The van der Waals surface area contributed by atoms with Gasteiger partial charge in [0.25, 0.3) is 0 Å². The van der Waals surface area contributed by atoms with E-state index in [1.165, 1.54) is 0 Å². The Balaban J connectivity index is 2.61. The minimum Gasteiger partial charge on any atom is -0.481 e. The molecule has 116 valence electrons. The molecule has 1 amide bonds. The molecule has 0 saturated carbocycles. The van der Waals surface area contributed by atoms with Gasteiger partial charge in [0.15, 0.2) is 6.61 Å². The third-order valence-electron chi connectivity index (χ3n) is 3.61. The van der Waals surface area contributed by atoms with Crippen molar-refractivity contribution in [2.24, 2.45) is 11.3 Å². The van der Waals surface area contributed by atoms with E-state index in [-0.39, 0.29) is 19.0 Å². The molecule has 1 N–H and O–H groups in total. The summed E-state index contributed by atoms with van der Waals surface area (Å²) in [6, 6.07) is 0. The minimum absolute atomic E-state index is 0.0932. The fourth-order valence-electron chi connectivity index (χ4n) is 2.14. The van der Waals surface area contributed by atoms with Crippen LogP contribution >= 0.6 is 0 Å². The fraction of sp³-hybridized carbons (Fsp3) is 0.833. The molecule has 20 heavy (non-hydrogen) atoms. The van der Waals surface area contributed by atoms with Gasteiger partial charge in [0.05, 0.1) is 5.41 Å². The molecule has 1 saturated heterocycles. The number of nitrogens with zero attached hydrogens (tertiary/aromatic N) is 1. The first-order valence-corrected chi connectivity index (χ1v) is 6.26. The maximum absolute atomic E-state index is 12.0. The highest BCUT2D eigenvalue weighted by Crippen LogP contribution is 2.34. The highest BCUT2D eigenvalue weighted by Gasteiger charge is 2.40. The van der Waals surface area contributed by atoms with E-state index in [1.54, 1.807) is 13.8 Å². The van der Waals surface area contributed by atoms with Gasteiger partial charge in [-0.15, -0.1) is 0 Å². The van der Waals surface area contributed by atoms with Gasteiger partial charge in [-0.25, -0.2) is 4.79 Å². The van der Waals surface area contributed by atoms with Crippen LogP contribution in [0.4, 0.5) is 18.0 Å². The third-order valence-corrected chi connectivity index (χ3v) is 3.61. The average molecular weight is 297 g/mol. The molecule has 1 aliphatic heterocycles. The molecule has 0 bridgehead atoms. The summed E-state index contributed by atoms with van der Waals surface area (Å²) < 4.78 is 40.1. The summed E-state index contributed by atoms with van der Waals surface area (Å²) in [5.41, 5.74) is -1.04. The van der Waals surface area contributed by atoms with E-state index in [1.807, 2.05) is 0 Å². The van der Waals surface area contributed by atoms with Crippen LogP contribution in [0.25, 0.3) is 0 Å². The Morgan fingerprint density at radius 2 is 1.95 bits per heavy atom. The first-order valence-electron chi connectivity index (χ1n) is 6.26. The van der Waals surface area contributed by atoms with Crippen molar-refractivity contribution in [2.45, 2.75) is 32.9 Å². The largest absolute Gasteiger partial charge is 0.481 e. The van der Waals surface area contributed by atoms with Crippen molar-refractivity contribution in [1.29, 1.82) is 0 Å². The maximum Gasteiger partial charge on any atom is 0.422 e. The Hall–Kier alpha value is -1.47. The first-order chi connectivity index (χ1) is 9.04. The first kappa shape index (κ1) is 16.6. The number of hydrogen-bond acceptors (Lipinski definition) is 3. The van der Waals surface area contributed by atoms with Crippen LogP contribution in [-0.2, 0) is 9.53 Å². The summed E-state index contributed by atoms with van der Waals surface area (Å²) in [6.45, 7) is 1.84. The van der Waals surface area contributed by atoms with Gasteiger partial charge in [-0.2, -0.15) is 13.2 Å². The molecule has 1 rings (SSSR count). The number of carbonyl (C=O) groups excluding carboxylic acids is 1. The van der Waals surface area contributed by atoms with Crippen molar-refractivity contribution >= 4 is 12.1 Å². The lowest BCUT2D eigenvalue weighted by Gasteiger charge is -2.38.